The lowest BCUT2D eigenvalue weighted by Gasteiger charge is -2.11. The summed E-state index contributed by atoms with van der Waals surface area (Å²) in [6.45, 7) is 0.230. The van der Waals surface area contributed by atoms with Crippen molar-refractivity contribution in [3.05, 3.63) is 87.0 Å². The number of hydrogen-bond acceptors (Lipinski definition) is 6. The minimum Gasteiger partial charge on any atom is -0.497 e. The van der Waals surface area contributed by atoms with Gasteiger partial charge in [-0.3, -0.25) is 9.59 Å². The van der Waals surface area contributed by atoms with Crippen molar-refractivity contribution >= 4 is 40.1 Å². The van der Waals surface area contributed by atoms with E-state index in [2.05, 4.69) is 0 Å². The van der Waals surface area contributed by atoms with E-state index >= 15 is 0 Å². The minimum absolute atomic E-state index is 0.0273. The number of benzene rings is 3. The first-order valence-corrected chi connectivity index (χ1v) is 11.2. The summed E-state index contributed by atoms with van der Waals surface area (Å²) in [7, 11) is 1.56. The number of carbonyl (C=O) groups excluding carboxylic acids is 1. The van der Waals surface area contributed by atoms with E-state index in [-0.39, 0.29) is 24.5 Å². The molecule has 0 radical (unpaired) electrons. The summed E-state index contributed by atoms with van der Waals surface area (Å²) in [4.78, 5) is 25.7. The maximum atomic E-state index is 13.1. The van der Waals surface area contributed by atoms with Crippen LogP contribution in [0.15, 0.2) is 75.9 Å². The summed E-state index contributed by atoms with van der Waals surface area (Å²) >= 11 is 12.0. The van der Waals surface area contributed by atoms with E-state index in [1.165, 1.54) is 0 Å². The van der Waals surface area contributed by atoms with Crippen LogP contribution in [0.1, 0.15) is 12.8 Å². The van der Waals surface area contributed by atoms with Crippen LogP contribution in [0.25, 0.3) is 22.3 Å². The van der Waals surface area contributed by atoms with Gasteiger partial charge in [0.05, 0.1) is 24.1 Å². The van der Waals surface area contributed by atoms with Crippen molar-refractivity contribution < 1.29 is 23.4 Å². The lowest BCUT2D eigenvalue weighted by atomic mass is 10.1. The van der Waals surface area contributed by atoms with Gasteiger partial charge in [-0.1, -0.05) is 35.3 Å². The summed E-state index contributed by atoms with van der Waals surface area (Å²) in [5, 5.41) is 1.21. The van der Waals surface area contributed by atoms with Crippen LogP contribution in [-0.2, 0) is 4.79 Å². The van der Waals surface area contributed by atoms with Crippen LogP contribution in [-0.4, -0.2) is 19.7 Å². The van der Waals surface area contributed by atoms with E-state index in [1.54, 1.807) is 73.8 Å². The Hall–Kier alpha value is -3.48. The zero-order chi connectivity index (χ0) is 24.1. The van der Waals surface area contributed by atoms with Gasteiger partial charge in [0.2, 0.25) is 11.2 Å². The molecule has 0 aliphatic heterocycles. The van der Waals surface area contributed by atoms with Gasteiger partial charge in [-0.2, -0.15) is 0 Å². The molecule has 0 saturated carbocycles. The van der Waals surface area contributed by atoms with E-state index < -0.39 is 11.4 Å². The predicted octanol–water partition coefficient (Wildman–Crippen LogP) is 6.54. The second-order valence-corrected chi connectivity index (χ2v) is 8.16. The van der Waals surface area contributed by atoms with Crippen molar-refractivity contribution in [2.45, 2.75) is 12.8 Å². The van der Waals surface area contributed by atoms with Crippen molar-refractivity contribution in [3.8, 4) is 28.6 Å². The number of carbonyl (C=O) groups is 1. The Morgan fingerprint density at radius 3 is 2.50 bits per heavy atom. The summed E-state index contributed by atoms with van der Waals surface area (Å²) in [5.74, 6) is 0.546. The highest BCUT2D eigenvalue weighted by molar-refractivity contribution is 6.35. The van der Waals surface area contributed by atoms with Gasteiger partial charge >= 0.3 is 5.97 Å². The maximum Gasteiger partial charge on any atom is 0.311 e. The molecule has 0 saturated heterocycles. The monoisotopic (exact) mass is 498 g/mol. The second-order valence-electron chi connectivity index (χ2n) is 7.31. The van der Waals surface area contributed by atoms with Crippen LogP contribution in [0.3, 0.4) is 0 Å². The fourth-order valence-corrected chi connectivity index (χ4v) is 3.77. The van der Waals surface area contributed by atoms with Crippen molar-refractivity contribution in [2.24, 2.45) is 0 Å². The number of para-hydroxylation sites is 1. The largest absolute Gasteiger partial charge is 0.497 e. The molecule has 8 heteroatoms. The Morgan fingerprint density at radius 1 is 1.00 bits per heavy atom. The third-order valence-electron chi connectivity index (χ3n) is 5.00. The standard InChI is InChI=1S/C26H20Cl2O6/c1-31-18-11-8-16(9-12-18)25-26(24(30)19-5-2-3-6-21(19)33-25)34-23(29)7-4-14-32-22-13-10-17(27)15-20(22)28/h2-3,5-6,8-13,15H,4,7,14H2,1H3. The lowest BCUT2D eigenvalue weighted by molar-refractivity contribution is -0.134. The number of fused-ring (bicyclic) bond motifs is 1. The van der Waals surface area contributed by atoms with Crippen molar-refractivity contribution in [2.75, 3.05) is 13.7 Å². The fourth-order valence-electron chi connectivity index (χ4n) is 3.31. The van der Waals surface area contributed by atoms with E-state index in [0.29, 0.717) is 44.5 Å². The Kier molecular flexibility index (Phi) is 7.40. The molecule has 0 amide bonds. The van der Waals surface area contributed by atoms with Gasteiger partial charge in [-0.25, -0.2) is 0 Å². The van der Waals surface area contributed by atoms with E-state index in [9.17, 15) is 9.59 Å². The zero-order valence-corrected chi connectivity index (χ0v) is 19.7. The van der Waals surface area contributed by atoms with Gasteiger partial charge in [0.25, 0.3) is 0 Å². The van der Waals surface area contributed by atoms with Crippen LogP contribution in [0, 0.1) is 0 Å². The van der Waals surface area contributed by atoms with Crippen LogP contribution < -0.4 is 19.6 Å². The molecular weight excluding hydrogens is 479 g/mol. The molecule has 0 spiro atoms. The van der Waals surface area contributed by atoms with Crippen LogP contribution >= 0.6 is 23.2 Å². The molecule has 3 aromatic carbocycles. The Bertz CT molecular complexity index is 1380. The molecule has 34 heavy (non-hydrogen) atoms. The van der Waals surface area contributed by atoms with Gasteiger partial charge < -0.3 is 18.6 Å². The smallest absolute Gasteiger partial charge is 0.311 e. The second kappa shape index (κ2) is 10.6. The summed E-state index contributed by atoms with van der Waals surface area (Å²) in [6, 6.07) is 18.6. The molecule has 0 atom stereocenters. The number of esters is 1. The topological polar surface area (TPSA) is 75.0 Å². The summed E-state index contributed by atoms with van der Waals surface area (Å²) < 4.78 is 22.3. The SMILES string of the molecule is COc1ccc(-c2oc3ccccc3c(=O)c2OC(=O)CCCOc2ccc(Cl)cc2Cl)cc1. The minimum atomic E-state index is -0.580. The molecule has 0 aliphatic rings. The van der Waals surface area contributed by atoms with Crippen molar-refractivity contribution in [1.29, 1.82) is 0 Å². The number of hydrogen-bond donors (Lipinski definition) is 0. The Labute approximate surface area is 205 Å². The summed E-state index contributed by atoms with van der Waals surface area (Å²) in [5.41, 5.74) is 0.545. The third-order valence-corrected chi connectivity index (χ3v) is 5.53. The molecule has 0 unspecified atom stereocenters. The molecular formula is C26H20Cl2O6. The average molecular weight is 499 g/mol. The molecule has 6 nitrogen and oxygen atoms in total. The van der Waals surface area contributed by atoms with Gasteiger partial charge in [-0.15, -0.1) is 0 Å². The predicted molar refractivity (Wildman–Crippen MR) is 131 cm³/mol. The highest BCUT2D eigenvalue weighted by atomic mass is 35.5. The van der Waals surface area contributed by atoms with Crippen molar-refractivity contribution in [3.63, 3.8) is 0 Å². The Morgan fingerprint density at radius 2 is 1.76 bits per heavy atom. The Balaban J connectivity index is 1.52. The quantitative estimate of drug-likeness (QED) is 0.203. The molecule has 1 aromatic heterocycles. The molecule has 4 rings (SSSR count). The first-order valence-electron chi connectivity index (χ1n) is 10.4. The van der Waals surface area contributed by atoms with Crippen LogP contribution in [0.5, 0.6) is 17.2 Å². The number of rotatable bonds is 8. The average Bonchev–Trinajstić information content (AvgIpc) is 2.84. The van der Waals surface area contributed by atoms with Gasteiger partial charge in [-0.05, 0) is 61.0 Å². The number of methoxy groups -OCH3 is 1. The first kappa shape index (κ1) is 23.7. The number of ether oxygens (including phenoxy) is 3. The van der Waals surface area contributed by atoms with Gasteiger partial charge in [0.15, 0.2) is 5.76 Å². The molecule has 0 bridgehead atoms. The first-order chi connectivity index (χ1) is 16.5. The normalized spacial score (nSPS) is 10.8. The lowest BCUT2D eigenvalue weighted by Crippen LogP contribution is -2.16. The zero-order valence-electron chi connectivity index (χ0n) is 18.2. The molecule has 174 valence electrons. The van der Waals surface area contributed by atoms with E-state index in [0.717, 1.165) is 0 Å². The highest BCUT2D eigenvalue weighted by Crippen LogP contribution is 2.32. The van der Waals surface area contributed by atoms with Gasteiger partial charge in [0, 0.05) is 17.0 Å². The van der Waals surface area contributed by atoms with E-state index in [1.807, 2.05) is 0 Å². The number of halogens is 2. The molecule has 0 N–H and O–H groups in total. The fraction of sp³-hybridized carbons (Fsp3) is 0.154. The van der Waals surface area contributed by atoms with Gasteiger partial charge in [0.1, 0.15) is 17.1 Å². The molecule has 0 fully saturated rings. The van der Waals surface area contributed by atoms with Crippen LogP contribution in [0.4, 0.5) is 0 Å². The van der Waals surface area contributed by atoms with E-state index in [4.69, 9.17) is 41.8 Å². The highest BCUT2D eigenvalue weighted by Gasteiger charge is 2.20. The molecule has 4 aromatic rings. The molecule has 1 heterocycles. The third kappa shape index (κ3) is 5.35. The van der Waals surface area contributed by atoms with Crippen LogP contribution in [0.2, 0.25) is 10.0 Å². The maximum absolute atomic E-state index is 13.1. The molecule has 0 aliphatic carbocycles. The summed E-state index contributed by atoms with van der Waals surface area (Å²) in [6.07, 6.45) is 0.383. The van der Waals surface area contributed by atoms with Crippen molar-refractivity contribution in [1.82, 2.24) is 0 Å².